The molecule has 2 amide bonds. The number of likely N-dealkylation sites (N-methyl/N-ethyl adjacent to an activating group) is 1. The molecule has 0 aliphatic heterocycles. The smallest absolute Gasteiger partial charge is 0.255 e. The minimum Gasteiger partial charge on any atom is -0.495 e. The molecule has 8 heteroatoms. The zero-order valence-electron chi connectivity index (χ0n) is 16.1. The molecule has 1 heterocycles. The van der Waals surface area contributed by atoms with Gasteiger partial charge in [-0.05, 0) is 42.8 Å². The quantitative estimate of drug-likeness (QED) is 0.572. The van der Waals surface area contributed by atoms with E-state index in [1.54, 1.807) is 43.3 Å². The van der Waals surface area contributed by atoms with Crippen molar-refractivity contribution >= 4 is 34.9 Å². The Hall–Kier alpha value is -3.68. The van der Waals surface area contributed by atoms with Crippen molar-refractivity contribution in [2.45, 2.75) is 6.92 Å². The number of hydrogen-bond donors (Lipinski definition) is 3. The topological polar surface area (TPSA) is 96.1 Å². The van der Waals surface area contributed by atoms with Gasteiger partial charge in [-0.25, -0.2) is 4.39 Å². The van der Waals surface area contributed by atoms with Crippen molar-refractivity contribution in [3.63, 3.8) is 0 Å². The predicted molar refractivity (Wildman–Crippen MR) is 109 cm³/mol. The fourth-order valence-electron chi connectivity index (χ4n) is 2.88. The fourth-order valence-corrected chi connectivity index (χ4v) is 2.88. The summed E-state index contributed by atoms with van der Waals surface area (Å²) in [5, 5.41) is 13.0. The van der Waals surface area contributed by atoms with E-state index in [1.807, 2.05) is 0 Å². The van der Waals surface area contributed by atoms with Crippen LogP contribution in [-0.2, 0) is 4.79 Å². The Morgan fingerprint density at radius 1 is 1.14 bits per heavy atom. The second-order valence-corrected chi connectivity index (χ2v) is 6.20. The summed E-state index contributed by atoms with van der Waals surface area (Å²) in [5.74, 6) is -0.655. The highest BCUT2D eigenvalue weighted by Crippen LogP contribution is 2.32. The van der Waals surface area contributed by atoms with Crippen molar-refractivity contribution in [3.05, 3.63) is 59.0 Å². The highest BCUT2D eigenvalue weighted by atomic mass is 19.1. The van der Waals surface area contributed by atoms with Crippen LogP contribution in [-0.4, -0.2) is 42.2 Å². The highest BCUT2D eigenvalue weighted by molar-refractivity contribution is 6.06. The number of aromatic nitrogens is 2. The maximum atomic E-state index is 13.1. The number of methoxy groups -OCH3 is 1. The van der Waals surface area contributed by atoms with Gasteiger partial charge in [-0.15, -0.1) is 0 Å². The number of ether oxygens (including phenoxy) is 1. The van der Waals surface area contributed by atoms with Crippen LogP contribution in [0.25, 0.3) is 23.1 Å². The molecule has 0 saturated carbocycles. The van der Waals surface area contributed by atoms with Crippen LogP contribution in [0.5, 0.6) is 5.75 Å². The second kappa shape index (κ2) is 9.01. The number of nitrogens with one attached hydrogen (secondary N) is 3. The van der Waals surface area contributed by atoms with Gasteiger partial charge in [0.15, 0.2) is 0 Å². The molecule has 0 saturated heterocycles. The summed E-state index contributed by atoms with van der Waals surface area (Å²) >= 11 is 0. The van der Waals surface area contributed by atoms with E-state index in [-0.39, 0.29) is 18.3 Å². The number of halogens is 1. The summed E-state index contributed by atoms with van der Waals surface area (Å²) in [5.41, 5.74) is 2.36. The van der Waals surface area contributed by atoms with Gasteiger partial charge in [0.05, 0.1) is 35.8 Å². The minimum absolute atomic E-state index is 0.128. The third-order valence-electron chi connectivity index (χ3n) is 4.25. The highest BCUT2D eigenvalue weighted by Gasteiger charge is 2.19. The summed E-state index contributed by atoms with van der Waals surface area (Å²) in [4.78, 5) is 24.2. The van der Waals surface area contributed by atoms with Crippen LogP contribution in [0.4, 0.5) is 4.39 Å². The molecule has 0 radical (unpaired) electrons. The van der Waals surface area contributed by atoms with Crippen molar-refractivity contribution in [2.24, 2.45) is 0 Å². The van der Waals surface area contributed by atoms with Crippen LogP contribution in [0.1, 0.15) is 28.5 Å². The van der Waals surface area contributed by atoms with Gasteiger partial charge in [0, 0.05) is 6.54 Å². The van der Waals surface area contributed by atoms with E-state index in [4.69, 9.17) is 4.74 Å². The van der Waals surface area contributed by atoms with Crippen molar-refractivity contribution < 1.29 is 18.7 Å². The zero-order valence-corrected chi connectivity index (χ0v) is 16.1. The Morgan fingerprint density at radius 3 is 2.59 bits per heavy atom. The molecule has 0 fully saturated rings. The second-order valence-electron chi connectivity index (χ2n) is 6.20. The van der Waals surface area contributed by atoms with Gasteiger partial charge in [0.1, 0.15) is 11.6 Å². The average molecular weight is 396 g/mol. The fraction of sp³-hybridized carbons (Fsp3) is 0.190. The van der Waals surface area contributed by atoms with Gasteiger partial charge in [-0.2, -0.15) is 5.10 Å². The first-order valence-corrected chi connectivity index (χ1v) is 9.07. The van der Waals surface area contributed by atoms with Crippen molar-refractivity contribution in [1.29, 1.82) is 0 Å². The Labute approximate surface area is 166 Å². The summed E-state index contributed by atoms with van der Waals surface area (Å²) in [6, 6.07) is 9.39. The molecular weight excluding hydrogens is 375 g/mol. The summed E-state index contributed by atoms with van der Waals surface area (Å²) in [6.07, 6.45) is 3.54. The third kappa shape index (κ3) is 4.60. The average Bonchev–Trinajstić information content (AvgIpc) is 3.14. The van der Waals surface area contributed by atoms with E-state index < -0.39 is 5.91 Å². The number of amides is 2. The molecule has 7 nitrogen and oxygen atoms in total. The molecule has 0 spiro atoms. The number of H-pyrrole nitrogens is 1. The molecule has 0 unspecified atom stereocenters. The molecule has 0 atom stereocenters. The van der Waals surface area contributed by atoms with Crippen LogP contribution >= 0.6 is 0 Å². The molecule has 150 valence electrons. The molecule has 3 rings (SSSR count). The molecular formula is C21H21FN4O3. The van der Waals surface area contributed by atoms with Gasteiger partial charge >= 0.3 is 0 Å². The van der Waals surface area contributed by atoms with Gasteiger partial charge in [-0.1, -0.05) is 18.2 Å². The first kappa shape index (κ1) is 20.1. The number of carbonyl (C=O) groups is 2. The first-order valence-electron chi connectivity index (χ1n) is 9.07. The summed E-state index contributed by atoms with van der Waals surface area (Å²) in [7, 11) is 1.47. The lowest BCUT2D eigenvalue weighted by Gasteiger charge is -2.10. The monoisotopic (exact) mass is 396 g/mol. The normalized spacial score (nSPS) is 11.0. The summed E-state index contributed by atoms with van der Waals surface area (Å²) in [6.45, 7) is 2.16. The Bertz CT molecular complexity index is 1060. The Balaban J connectivity index is 1.91. The van der Waals surface area contributed by atoms with Gasteiger partial charge in [0.25, 0.3) is 5.91 Å². The molecule has 2 aromatic carbocycles. The van der Waals surface area contributed by atoms with Crippen LogP contribution in [0.15, 0.2) is 36.4 Å². The van der Waals surface area contributed by atoms with Crippen molar-refractivity contribution in [3.8, 4) is 5.75 Å². The van der Waals surface area contributed by atoms with E-state index in [1.165, 1.54) is 19.2 Å². The molecule has 0 aliphatic carbocycles. The van der Waals surface area contributed by atoms with E-state index in [0.29, 0.717) is 34.5 Å². The Morgan fingerprint density at radius 2 is 1.90 bits per heavy atom. The predicted octanol–water partition coefficient (Wildman–Crippen LogP) is 2.75. The van der Waals surface area contributed by atoms with Gasteiger partial charge in [0.2, 0.25) is 5.91 Å². The van der Waals surface area contributed by atoms with E-state index in [0.717, 1.165) is 5.56 Å². The number of aromatic amines is 1. The lowest BCUT2D eigenvalue weighted by atomic mass is 10.1. The zero-order chi connectivity index (χ0) is 20.8. The Kier molecular flexibility index (Phi) is 6.23. The van der Waals surface area contributed by atoms with Gasteiger partial charge < -0.3 is 15.4 Å². The van der Waals surface area contributed by atoms with Gasteiger partial charge in [-0.3, -0.25) is 14.7 Å². The number of carbonyl (C=O) groups excluding carboxylic acids is 2. The molecule has 0 bridgehead atoms. The van der Waals surface area contributed by atoms with Crippen molar-refractivity contribution in [2.75, 3.05) is 20.2 Å². The molecule has 29 heavy (non-hydrogen) atoms. The van der Waals surface area contributed by atoms with Crippen molar-refractivity contribution in [1.82, 2.24) is 20.8 Å². The van der Waals surface area contributed by atoms with Crippen LogP contribution < -0.4 is 15.4 Å². The molecule has 3 N–H and O–H groups in total. The number of rotatable bonds is 7. The van der Waals surface area contributed by atoms with Crippen LogP contribution in [0.2, 0.25) is 0 Å². The molecule has 1 aromatic heterocycles. The third-order valence-corrected chi connectivity index (χ3v) is 4.25. The van der Waals surface area contributed by atoms with E-state index in [2.05, 4.69) is 20.8 Å². The standard InChI is InChI=1S/C21H21FN4O3/c1-3-23-18(27)12-24-21(28)15-9-11-17-19(20(15)29-2)16(25-26-17)10-6-13-4-7-14(22)8-5-13/h4-11H,3,12H2,1-2H3,(H,23,27)(H,24,28)(H,25,26). The maximum absolute atomic E-state index is 13.1. The number of fused-ring (bicyclic) bond motifs is 1. The molecule has 0 aliphatic rings. The SMILES string of the molecule is CCNC(=O)CNC(=O)c1ccc2[nH]nc(C=Cc3ccc(F)cc3)c2c1OC. The van der Waals surface area contributed by atoms with E-state index >= 15 is 0 Å². The largest absolute Gasteiger partial charge is 0.495 e. The number of hydrogen-bond acceptors (Lipinski definition) is 4. The summed E-state index contributed by atoms with van der Waals surface area (Å²) < 4.78 is 18.6. The first-order chi connectivity index (χ1) is 14.0. The van der Waals surface area contributed by atoms with E-state index in [9.17, 15) is 14.0 Å². The minimum atomic E-state index is -0.426. The molecule has 3 aromatic rings. The van der Waals surface area contributed by atoms with Crippen LogP contribution in [0.3, 0.4) is 0 Å². The maximum Gasteiger partial charge on any atom is 0.255 e. The number of nitrogens with zero attached hydrogens (tertiary/aromatic N) is 1. The lowest BCUT2D eigenvalue weighted by molar-refractivity contribution is -0.120. The number of benzene rings is 2. The lowest BCUT2D eigenvalue weighted by Crippen LogP contribution is -2.36. The van der Waals surface area contributed by atoms with Crippen LogP contribution in [0, 0.1) is 5.82 Å².